The van der Waals surface area contributed by atoms with Gasteiger partial charge in [-0.25, -0.2) is 21.6 Å². The number of ether oxygens (including phenoxy) is 1. The number of carbonyl (C=O) groups is 1. The maximum Gasteiger partial charge on any atom is 0.321 e. The molecule has 0 atom stereocenters. The number of benzene rings is 2. The van der Waals surface area contributed by atoms with Gasteiger partial charge in [0.25, 0.3) is 0 Å². The Bertz CT molecular complexity index is 970. The van der Waals surface area contributed by atoms with Crippen molar-refractivity contribution in [2.75, 3.05) is 6.54 Å². The number of esters is 1. The van der Waals surface area contributed by atoms with Crippen LogP contribution in [0.15, 0.2) is 41.3 Å². The van der Waals surface area contributed by atoms with Gasteiger partial charge in [-0.2, -0.15) is 9.98 Å². The minimum Gasteiger partial charge on any atom is -0.460 e. The van der Waals surface area contributed by atoms with Crippen LogP contribution in [0.1, 0.15) is 11.1 Å². The molecule has 0 heterocycles. The number of nitrogens with one attached hydrogen (secondary N) is 1. The Kier molecular flexibility index (Phi) is 5.97. The molecule has 0 saturated heterocycles. The Morgan fingerprint density at radius 1 is 1.08 bits per heavy atom. The molecule has 0 spiro atoms. The van der Waals surface area contributed by atoms with Gasteiger partial charge in [0.05, 0.1) is 11.6 Å². The van der Waals surface area contributed by atoms with Crippen LogP contribution in [0.25, 0.3) is 0 Å². The van der Waals surface area contributed by atoms with Gasteiger partial charge in [-0.1, -0.05) is 12.1 Å². The van der Waals surface area contributed by atoms with Crippen LogP contribution in [0.4, 0.5) is 13.2 Å². The molecule has 1 N–H and O–H groups in total. The summed E-state index contributed by atoms with van der Waals surface area (Å²) in [6, 6.07) is 9.03. The second-order valence-corrected chi connectivity index (χ2v) is 6.70. The van der Waals surface area contributed by atoms with Gasteiger partial charge in [0.15, 0.2) is 17.5 Å². The van der Waals surface area contributed by atoms with Gasteiger partial charge in [-0.15, -0.1) is 0 Å². The molecule has 2 aromatic carbocycles. The lowest BCUT2D eigenvalue weighted by atomic mass is 10.2. The number of sulfonamides is 1. The number of hydrogen-bond acceptors (Lipinski definition) is 5. The van der Waals surface area contributed by atoms with Crippen LogP contribution in [-0.4, -0.2) is 20.9 Å². The van der Waals surface area contributed by atoms with Crippen molar-refractivity contribution in [2.45, 2.75) is 11.5 Å². The maximum atomic E-state index is 13.5. The van der Waals surface area contributed by atoms with Crippen LogP contribution in [0.5, 0.6) is 0 Å². The van der Waals surface area contributed by atoms with E-state index >= 15 is 0 Å². The Balaban J connectivity index is 1.95. The molecule has 0 aliphatic heterocycles. The third-order valence-electron chi connectivity index (χ3n) is 3.18. The van der Waals surface area contributed by atoms with Gasteiger partial charge in [-0.05, 0) is 29.8 Å². The molecule has 0 aliphatic carbocycles. The first-order valence-electron chi connectivity index (χ1n) is 7.02. The minimum absolute atomic E-state index is 0.175. The van der Waals surface area contributed by atoms with Crippen molar-refractivity contribution < 1.29 is 31.1 Å². The highest BCUT2D eigenvalue weighted by Gasteiger charge is 2.24. The highest BCUT2D eigenvalue weighted by atomic mass is 32.2. The van der Waals surface area contributed by atoms with E-state index in [1.807, 2.05) is 6.07 Å². The van der Waals surface area contributed by atoms with Crippen LogP contribution in [-0.2, 0) is 26.2 Å². The Morgan fingerprint density at radius 2 is 1.73 bits per heavy atom. The smallest absolute Gasteiger partial charge is 0.321 e. The summed E-state index contributed by atoms with van der Waals surface area (Å²) >= 11 is 0. The second kappa shape index (κ2) is 7.99. The molecule has 0 saturated carbocycles. The third kappa shape index (κ3) is 4.59. The van der Waals surface area contributed by atoms with Crippen molar-refractivity contribution in [1.82, 2.24) is 4.72 Å². The summed E-state index contributed by atoms with van der Waals surface area (Å²) in [7, 11) is -4.59. The van der Waals surface area contributed by atoms with E-state index in [4.69, 9.17) is 10.00 Å². The molecule has 136 valence electrons. The molecule has 0 bridgehead atoms. The van der Waals surface area contributed by atoms with Crippen LogP contribution >= 0.6 is 0 Å². The Morgan fingerprint density at radius 3 is 2.35 bits per heavy atom. The number of rotatable bonds is 6. The summed E-state index contributed by atoms with van der Waals surface area (Å²) in [4.78, 5) is 10.5. The highest BCUT2D eigenvalue weighted by molar-refractivity contribution is 7.89. The number of nitrogens with zero attached hydrogens (tertiary/aromatic N) is 1. The molecule has 0 fully saturated rings. The fourth-order valence-electron chi connectivity index (χ4n) is 1.84. The molecule has 0 unspecified atom stereocenters. The molecule has 0 amide bonds. The van der Waals surface area contributed by atoms with Crippen molar-refractivity contribution in [1.29, 1.82) is 5.26 Å². The number of halogens is 3. The fourth-order valence-corrected chi connectivity index (χ4v) is 2.87. The van der Waals surface area contributed by atoms with Gasteiger partial charge in [0, 0.05) is 0 Å². The van der Waals surface area contributed by atoms with Gasteiger partial charge < -0.3 is 4.74 Å². The highest BCUT2D eigenvalue weighted by Crippen LogP contribution is 2.19. The van der Waals surface area contributed by atoms with Gasteiger partial charge >= 0.3 is 5.97 Å². The molecule has 10 heteroatoms. The first-order chi connectivity index (χ1) is 12.2. The van der Waals surface area contributed by atoms with E-state index in [-0.39, 0.29) is 6.61 Å². The molecule has 2 aromatic rings. The average Bonchev–Trinajstić information content (AvgIpc) is 2.63. The topological polar surface area (TPSA) is 96.3 Å². The first kappa shape index (κ1) is 19.4. The van der Waals surface area contributed by atoms with E-state index in [2.05, 4.69) is 0 Å². The van der Waals surface area contributed by atoms with E-state index in [1.165, 1.54) is 12.1 Å². The normalized spacial score (nSPS) is 11.0. The standard InChI is InChI=1S/C16H11F3N2O4S/c17-12-5-6-13(16(19)15(12)18)26(23,24)21-8-14(22)25-9-11-3-1-10(7-20)2-4-11/h1-6,21H,8-9H2. The van der Waals surface area contributed by atoms with E-state index < -0.39 is 44.9 Å². The zero-order valence-electron chi connectivity index (χ0n) is 13.0. The third-order valence-corrected chi connectivity index (χ3v) is 4.60. The minimum atomic E-state index is -4.59. The first-order valence-corrected chi connectivity index (χ1v) is 8.50. The van der Waals surface area contributed by atoms with E-state index in [9.17, 15) is 26.4 Å². The predicted molar refractivity (Wildman–Crippen MR) is 82.5 cm³/mol. The summed E-state index contributed by atoms with van der Waals surface area (Å²) < 4.78 is 69.9. The Hall–Kier alpha value is -2.90. The molecular formula is C16H11F3N2O4S. The lowest BCUT2D eigenvalue weighted by Gasteiger charge is -2.09. The molecule has 0 radical (unpaired) electrons. The molecule has 0 aromatic heterocycles. The van der Waals surface area contributed by atoms with E-state index in [0.29, 0.717) is 23.3 Å². The summed E-state index contributed by atoms with van der Waals surface area (Å²) in [5.41, 5.74) is 0.980. The number of hydrogen-bond donors (Lipinski definition) is 1. The van der Waals surface area contributed by atoms with Gasteiger partial charge in [0.2, 0.25) is 10.0 Å². The second-order valence-electron chi connectivity index (χ2n) is 4.97. The molecule has 6 nitrogen and oxygen atoms in total. The van der Waals surface area contributed by atoms with Crippen molar-refractivity contribution in [3.05, 3.63) is 65.0 Å². The van der Waals surface area contributed by atoms with Crippen molar-refractivity contribution >= 4 is 16.0 Å². The van der Waals surface area contributed by atoms with E-state index in [0.717, 1.165) is 0 Å². The van der Waals surface area contributed by atoms with E-state index in [1.54, 1.807) is 16.9 Å². The van der Waals surface area contributed by atoms with Crippen LogP contribution in [0.2, 0.25) is 0 Å². The summed E-state index contributed by atoms with van der Waals surface area (Å²) in [6.45, 7) is -1.01. The molecule has 0 aliphatic rings. The monoisotopic (exact) mass is 384 g/mol. The lowest BCUT2D eigenvalue weighted by Crippen LogP contribution is -2.31. The number of nitriles is 1. The van der Waals surface area contributed by atoms with Gasteiger partial charge in [0.1, 0.15) is 18.0 Å². The summed E-state index contributed by atoms with van der Waals surface area (Å²) in [6.07, 6.45) is 0. The average molecular weight is 384 g/mol. The lowest BCUT2D eigenvalue weighted by molar-refractivity contribution is -0.143. The zero-order valence-corrected chi connectivity index (χ0v) is 13.8. The van der Waals surface area contributed by atoms with Crippen molar-refractivity contribution in [3.8, 4) is 6.07 Å². The quantitative estimate of drug-likeness (QED) is 0.607. The van der Waals surface area contributed by atoms with Crippen LogP contribution in [0.3, 0.4) is 0 Å². The summed E-state index contributed by atoms with van der Waals surface area (Å²) in [5.74, 6) is -6.33. The molecule has 26 heavy (non-hydrogen) atoms. The van der Waals surface area contributed by atoms with Gasteiger partial charge in [-0.3, -0.25) is 4.79 Å². The molecular weight excluding hydrogens is 373 g/mol. The van der Waals surface area contributed by atoms with Crippen LogP contribution < -0.4 is 4.72 Å². The van der Waals surface area contributed by atoms with Crippen molar-refractivity contribution in [3.63, 3.8) is 0 Å². The SMILES string of the molecule is N#Cc1ccc(COC(=O)CNS(=O)(=O)c2ccc(F)c(F)c2F)cc1. The largest absolute Gasteiger partial charge is 0.460 e. The zero-order chi connectivity index (χ0) is 19.3. The predicted octanol–water partition coefficient (Wildman–Crippen LogP) is 2.00. The van der Waals surface area contributed by atoms with Crippen LogP contribution in [0, 0.1) is 28.8 Å². The molecule has 2 rings (SSSR count). The number of carbonyl (C=O) groups excluding carboxylic acids is 1. The fraction of sp³-hybridized carbons (Fsp3) is 0.125. The Labute approximate surface area is 146 Å². The maximum absolute atomic E-state index is 13.5. The van der Waals surface area contributed by atoms with Crippen molar-refractivity contribution in [2.24, 2.45) is 0 Å². The summed E-state index contributed by atoms with van der Waals surface area (Å²) in [5, 5.41) is 8.67.